The van der Waals surface area contributed by atoms with Gasteiger partial charge in [0.1, 0.15) is 11.6 Å². The highest BCUT2D eigenvalue weighted by Crippen LogP contribution is 2.34. The molecule has 136 valence electrons. The van der Waals surface area contributed by atoms with Crippen LogP contribution in [0.5, 0.6) is 0 Å². The van der Waals surface area contributed by atoms with Crippen molar-refractivity contribution in [3.8, 4) is 0 Å². The average Bonchev–Trinajstić information content (AvgIpc) is 2.91. The summed E-state index contributed by atoms with van der Waals surface area (Å²) >= 11 is 0. The largest absolute Gasteiger partial charge is 0.368 e. The van der Waals surface area contributed by atoms with Gasteiger partial charge in [-0.05, 0) is 18.6 Å². The van der Waals surface area contributed by atoms with Crippen LogP contribution in [0, 0.1) is 5.82 Å². The van der Waals surface area contributed by atoms with Crippen LogP contribution in [0.2, 0.25) is 0 Å². The maximum atomic E-state index is 14.8. The number of benzene rings is 1. The van der Waals surface area contributed by atoms with Gasteiger partial charge in [0.25, 0.3) is 0 Å². The third-order valence-electron chi connectivity index (χ3n) is 5.18. The highest BCUT2D eigenvalue weighted by molar-refractivity contribution is 6.02. The lowest BCUT2D eigenvalue weighted by molar-refractivity contribution is -0.134. The molecular formula is C18H19FN4O3. The zero-order valence-corrected chi connectivity index (χ0v) is 14.4. The Morgan fingerprint density at radius 1 is 1.15 bits per heavy atom. The molecule has 4 rings (SSSR count). The van der Waals surface area contributed by atoms with Crippen LogP contribution in [-0.4, -0.2) is 40.5 Å². The molecule has 1 unspecified atom stereocenters. The SMILES string of the molecule is Cn1nc(C2CCC(=O)NC2=O)c2cc(F)c(N3CCC(=O)CC3)cc21. The van der Waals surface area contributed by atoms with E-state index >= 15 is 0 Å². The molecule has 0 spiro atoms. The van der Waals surface area contributed by atoms with E-state index in [9.17, 15) is 18.8 Å². The number of piperidine rings is 2. The third-order valence-corrected chi connectivity index (χ3v) is 5.18. The van der Waals surface area contributed by atoms with E-state index < -0.39 is 11.7 Å². The normalized spacial score (nSPS) is 21.4. The molecule has 1 N–H and O–H groups in total. The number of anilines is 1. The van der Waals surface area contributed by atoms with Crippen LogP contribution in [-0.2, 0) is 21.4 Å². The highest BCUT2D eigenvalue weighted by atomic mass is 19.1. The van der Waals surface area contributed by atoms with Crippen molar-refractivity contribution in [2.45, 2.75) is 31.6 Å². The molecule has 1 aromatic carbocycles. The van der Waals surface area contributed by atoms with Gasteiger partial charge < -0.3 is 4.90 Å². The Balaban J connectivity index is 1.74. The molecule has 2 aliphatic rings. The first-order valence-corrected chi connectivity index (χ1v) is 8.70. The smallest absolute Gasteiger partial charge is 0.235 e. The van der Waals surface area contributed by atoms with Crippen LogP contribution < -0.4 is 10.2 Å². The Bertz CT molecular complexity index is 926. The first-order valence-electron chi connectivity index (χ1n) is 8.70. The topological polar surface area (TPSA) is 84.3 Å². The number of rotatable bonds is 2. The average molecular weight is 358 g/mol. The molecule has 0 bridgehead atoms. The Hall–Kier alpha value is -2.77. The second-order valence-corrected chi connectivity index (χ2v) is 6.86. The predicted octanol–water partition coefficient (Wildman–Crippen LogP) is 1.40. The number of ketones is 1. The summed E-state index contributed by atoms with van der Waals surface area (Å²) in [5.41, 5.74) is 1.66. The number of aromatic nitrogens is 2. The minimum Gasteiger partial charge on any atom is -0.368 e. The third kappa shape index (κ3) is 2.75. The Labute approximate surface area is 149 Å². The number of imide groups is 1. The van der Waals surface area contributed by atoms with Crippen LogP contribution in [0.3, 0.4) is 0 Å². The van der Waals surface area contributed by atoms with Crippen molar-refractivity contribution in [2.75, 3.05) is 18.0 Å². The number of carbonyl (C=O) groups excluding carboxylic acids is 3. The number of nitrogens with one attached hydrogen (secondary N) is 1. The van der Waals surface area contributed by atoms with Gasteiger partial charge in [0.2, 0.25) is 11.8 Å². The van der Waals surface area contributed by atoms with Gasteiger partial charge in [0, 0.05) is 44.8 Å². The molecule has 0 aliphatic carbocycles. The molecule has 2 aromatic rings. The summed E-state index contributed by atoms with van der Waals surface area (Å²) in [6, 6.07) is 3.13. The van der Waals surface area contributed by atoms with E-state index in [4.69, 9.17) is 0 Å². The van der Waals surface area contributed by atoms with Gasteiger partial charge in [-0.25, -0.2) is 4.39 Å². The van der Waals surface area contributed by atoms with Crippen molar-refractivity contribution >= 4 is 34.2 Å². The number of hydrogen-bond donors (Lipinski definition) is 1. The predicted molar refractivity (Wildman–Crippen MR) is 92.3 cm³/mol. The Kier molecular flexibility index (Phi) is 3.97. The van der Waals surface area contributed by atoms with Crippen molar-refractivity contribution in [1.82, 2.24) is 15.1 Å². The Morgan fingerprint density at radius 2 is 1.88 bits per heavy atom. The molecule has 8 heteroatoms. The second kappa shape index (κ2) is 6.19. The van der Waals surface area contributed by atoms with Gasteiger partial charge in [-0.1, -0.05) is 0 Å². The van der Waals surface area contributed by atoms with Crippen LogP contribution >= 0.6 is 0 Å². The van der Waals surface area contributed by atoms with E-state index in [0.29, 0.717) is 49.1 Å². The quantitative estimate of drug-likeness (QED) is 0.821. The van der Waals surface area contributed by atoms with Crippen molar-refractivity contribution in [2.24, 2.45) is 7.05 Å². The number of Topliss-reactive ketones (excluding diaryl/α,β-unsaturated/α-hetero) is 1. The number of hydrogen-bond acceptors (Lipinski definition) is 5. The van der Waals surface area contributed by atoms with Gasteiger partial charge in [0.05, 0.1) is 22.8 Å². The Morgan fingerprint density at radius 3 is 2.58 bits per heavy atom. The molecular weight excluding hydrogens is 339 g/mol. The van der Waals surface area contributed by atoms with Gasteiger partial charge in [-0.2, -0.15) is 5.10 Å². The zero-order valence-electron chi connectivity index (χ0n) is 14.4. The van der Waals surface area contributed by atoms with Gasteiger partial charge in [-0.15, -0.1) is 0 Å². The summed E-state index contributed by atoms with van der Waals surface area (Å²) in [7, 11) is 1.75. The number of aryl methyl sites for hydroxylation is 1. The molecule has 0 radical (unpaired) electrons. The van der Waals surface area contributed by atoms with Crippen LogP contribution in [0.15, 0.2) is 12.1 Å². The number of fused-ring (bicyclic) bond motifs is 1. The monoisotopic (exact) mass is 358 g/mol. The fourth-order valence-electron chi connectivity index (χ4n) is 3.74. The summed E-state index contributed by atoms with van der Waals surface area (Å²) in [5.74, 6) is -1.44. The summed E-state index contributed by atoms with van der Waals surface area (Å²) in [6.07, 6.45) is 1.46. The molecule has 26 heavy (non-hydrogen) atoms. The number of carbonyl (C=O) groups is 3. The van der Waals surface area contributed by atoms with Crippen molar-refractivity contribution in [3.05, 3.63) is 23.6 Å². The van der Waals surface area contributed by atoms with Crippen LogP contribution in [0.4, 0.5) is 10.1 Å². The van der Waals surface area contributed by atoms with E-state index in [1.165, 1.54) is 6.07 Å². The maximum absolute atomic E-state index is 14.8. The minimum absolute atomic E-state index is 0.198. The number of halogens is 1. The summed E-state index contributed by atoms with van der Waals surface area (Å²) in [4.78, 5) is 36.8. The highest BCUT2D eigenvalue weighted by Gasteiger charge is 2.32. The van der Waals surface area contributed by atoms with E-state index in [2.05, 4.69) is 10.4 Å². The summed E-state index contributed by atoms with van der Waals surface area (Å²) in [5, 5.41) is 7.34. The van der Waals surface area contributed by atoms with Crippen molar-refractivity contribution < 1.29 is 18.8 Å². The van der Waals surface area contributed by atoms with E-state index in [0.717, 1.165) is 5.52 Å². The fraction of sp³-hybridized carbons (Fsp3) is 0.444. The minimum atomic E-state index is -0.561. The van der Waals surface area contributed by atoms with Gasteiger partial charge in [0.15, 0.2) is 0 Å². The van der Waals surface area contributed by atoms with Crippen molar-refractivity contribution in [1.29, 1.82) is 0 Å². The lowest BCUT2D eigenvalue weighted by Crippen LogP contribution is -2.39. The first-order chi connectivity index (χ1) is 12.4. The molecule has 0 saturated carbocycles. The molecule has 2 aliphatic heterocycles. The van der Waals surface area contributed by atoms with Crippen molar-refractivity contribution in [3.63, 3.8) is 0 Å². The van der Waals surface area contributed by atoms with Gasteiger partial charge in [-0.3, -0.25) is 24.4 Å². The molecule has 7 nitrogen and oxygen atoms in total. The first kappa shape index (κ1) is 16.7. The number of amides is 2. The summed E-state index contributed by atoms with van der Waals surface area (Å²) < 4.78 is 16.4. The standard InChI is InChI=1S/C18H19FN4O3/c1-22-14-9-15(23-6-4-10(24)5-7-23)13(19)8-12(14)17(21-22)11-2-3-16(25)20-18(11)26/h8-9,11H,2-7H2,1H3,(H,20,25,26). The van der Waals surface area contributed by atoms with E-state index in [1.54, 1.807) is 17.8 Å². The molecule has 2 fully saturated rings. The zero-order chi connectivity index (χ0) is 18.4. The molecule has 3 heterocycles. The summed E-state index contributed by atoms with van der Waals surface area (Å²) in [6.45, 7) is 0.998. The maximum Gasteiger partial charge on any atom is 0.235 e. The van der Waals surface area contributed by atoms with E-state index in [-0.39, 0.29) is 24.0 Å². The molecule has 2 saturated heterocycles. The fourth-order valence-corrected chi connectivity index (χ4v) is 3.74. The second-order valence-electron chi connectivity index (χ2n) is 6.86. The van der Waals surface area contributed by atoms with Crippen LogP contribution in [0.1, 0.15) is 37.3 Å². The number of nitrogens with zero attached hydrogens (tertiary/aromatic N) is 3. The molecule has 1 atom stereocenters. The lowest BCUT2D eigenvalue weighted by atomic mass is 9.92. The van der Waals surface area contributed by atoms with Gasteiger partial charge >= 0.3 is 0 Å². The van der Waals surface area contributed by atoms with E-state index in [1.807, 2.05) is 4.90 Å². The molecule has 1 aromatic heterocycles. The molecule has 2 amide bonds. The lowest BCUT2D eigenvalue weighted by Gasteiger charge is -2.28. The van der Waals surface area contributed by atoms with Crippen LogP contribution in [0.25, 0.3) is 10.9 Å².